The summed E-state index contributed by atoms with van der Waals surface area (Å²) in [5, 5.41) is 10.1. The molecule has 0 saturated carbocycles. The average Bonchev–Trinajstić information content (AvgIpc) is 2.49. The lowest BCUT2D eigenvalue weighted by atomic mass is 9.94. The fourth-order valence-electron chi connectivity index (χ4n) is 1.83. The van der Waals surface area contributed by atoms with E-state index in [0.29, 0.717) is 30.5 Å². The summed E-state index contributed by atoms with van der Waals surface area (Å²) in [4.78, 5) is 0. The van der Waals surface area contributed by atoms with Crippen LogP contribution in [-0.4, -0.2) is 23.9 Å². The van der Waals surface area contributed by atoms with Gasteiger partial charge < -0.3 is 9.84 Å². The van der Waals surface area contributed by atoms with Crippen molar-refractivity contribution in [3.63, 3.8) is 0 Å². The van der Waals surface area contributed by atoms with Crippen molar-refractivity contribution in [2.24, 2.45) is 0 Å². The van der Waals surface area contributed by atoms with Crippen molar-refractivity contribution < 1.29 is 14.2 Å². The molecule has 0 aromatic heterocycles. The first kappa shape index (κ1) is 11.0. The van der Waals surface area contributed by atoms with Gasteiger partial charge in [-0.15, -0.1) is 0 Å². The summed E-state index contributed by atoms with van der Waals surface area (Å²) in [6, 6.07) is 4.67. The fourth-order valence-corrected chi connectivity index (χ4v) is 2.34. The van der Waals surface area contributed by atoms with Crippen molar-refractivity contribution in [2.75, 3.05) is 13.2 Å². The molecule has 4 heteroatoms. The van der Waals surface area contributed by atoms with E-state index in [2.05, 4.69) is 15.9 Å². The summed E-state index contributed by atoms with van der Waals surface area (Å²) < 4.78 is 18.9. The van der Waals surface area contributed by atoms with E-state index in [1.807, 2.05) is 6.07 Å². The van der Waals surface area contributed by atoms with Gasteiger partial charge in [-0.3, -0.25) is 0 Å². The lowest BCUT2D eigenvalue weighted by molar-refractivity contribution is 0.0270. The third-order valence-corrected chi connectivity index (χ3v) is 3.00. The van der Waals surface area contributed by atoms with Crippen LogP contribution < -0.4 is 0 Å². The highest BCUT2D eigenvalue weighted by molar-refractivity contribution is 9.10. The Labute approximate surface area is 96.2 Å². The zero-order chi connectivity index (χ0) is 10.9. The lowest BCUT2D eigenvalue weighted by Crippen LogP contribution is -2.31. The second kappa shape index (κ2) is 4.20. The van der Waals surface area contributed by atoms with Crippen LogP contribution in [0.15, 0.2) is 22.7 Å². The van der Waals surface area contributed by atoms with Crippen molar-refractivity contribution >= 4 is 15.9 Å². The van der Waals surface area contributed by atoms with E-state index >= 15 is 0 Å². The van der Waals surface area contributed by atoms with Crippen LogP contribution in [0, 0.1) is 5.82 Å². The van der Waals surface area contributed by atoms with Crippen molar-refractivity contribution in [3.05, 3.63) is 34.1 Å². The summed E-state index contributed by atoms with van der Waals surface area (Å²) in [5.74, 6) is -0.290. The molecular weight excluding hydrogens is 263 g/mol. The lowest BCUT2D eigenvalue weighted by Gasteiger charge is -2.20. The number of hydrogen-bond donors (Lipinski definition) is 1. The molecule has 1 unspecified atom stereocenters. The largest absolute Gasteiger partial charge is 0.387 e. The standard InChI is InChI=1S/C11H12BrFO2/c12-9-3-8(4-10(13)5-9)6-11(14)1-2-15-7-11/h3-5,14H,1-2,6-7H2. The summed E-state index contributed by atoms with van der Waals surface area (Å²) in [6.45, 7) is 0.911. The summed E-state index contributed by atoms with van der Waals surface area (Å²) >= 11 is 3.23. The van der Waals surface area contributed by atoms with Gasteiger partial charge in [-0.2, -0.15) is 0 Å². The molecule has 0 aliphatic carbocycles. The SMILES string of the molecule is OC1(Cc2cc(F)cc(Br)c2)CCOC1. The van der Waals surface area contributed by atoms with Gasteiger partial charge in [-0.05, 0) is 23.8 Å². The van der Waals surface area contributed by atoms with E-state index in [4.69, 9.17) is 4.74 Å². The van der Waals surface area contributed by atoms with E-state index < -0.39 is 5.60 Å². The van der Waals surface area contributed by atoms with Crippen molar-refractivity contribution in [3.8, 4) is 0 Å². The molecule has 2 rings (SSSR count). The third-order valence-electron chi connectivity index (χ3n) is 2.54. The Bertz CT molecular complexity index is 341. The second-order valence-electron chi connectivity index (χ2n) is 3.98. The highest BCUT2D eigenvalue weighted by Gasteiger charge is 2.32. The predicted molar refractivity (Wildman–Crippen MR) is 58.2 cm³/mol. The minimum atomic E-state index is -0.826. The summed E-state index contributed by atoms with van der Waals surface area (Å²) in [6.07, 6.45) is 1.05. The zero-order valence-corrected chi connectivity index (χ0v) is 9.76. The quantitative estimate of drug-likeness (QED) is 0.897. The molecule has 82 valence electrons. The van der Waals surface area contributed by atoms with E-state index in [0.717, 1.165) is 5.56 Å². The number of benzene rings is 1. The van der Waals surface area contributed by atoms with Crippen LogP contribution in [-0.2, 0) is 11.2 Å². The number of halogens is 2. The first-order valence-electron chi connectivity index (χ1n) is 4.83. The van der Waals surface area contributed by atoms with Gasteiger partial charge >= 0.3 is 0 Å². The number of aliphatic hydroxyl groups is 1. The van der Waals surface area contributed by atoms with Gasteiger partial charge in [0.2, 0.25) is 0 Å². The molecule has 1 heterocycles. The Kier molecular flexibility index (Phi) is 3.09. The van der Waals surface area contributed by atoms with Gasteiger partial charge in [0.25, 0.3) is 0 Å². The predicted octanol–water partition coefficient (Wildman–Crippen LogP) is 2.28. The van der Waals surface area contributed by atoms with Crippen LogP contribution in [0.4, 0.5) is 4.39 Å². The molecule has 1 aromatic rings. The Morgan fingerprint density at radius 1 is 1.47 bits per heavy atom. The Morgan fingerprint density at radius 3 is 2.87 bits per heavy atom. The minimum absolute atomic E-state index is 0.290. The summed E-state index contributed by atoms with van der Waals surface area (Å²) in [5.41, 5.74) is -0.0392. The van der Waals surface area contributed by atoms with E-state index in [9.17, 15) is 9.50 Å². The molecule has 1 aromatic carbocycles. The van der Waals surface area contributed by atoms with Gasteiger partial charge in [-0.25, -0.2) is 4.39 Å². The van der Waals surface area contributed by atoms with Crippen LogP contribution in [0.1, 0.15) is 12.0 Å². The molecule has 0 bridgehead atoms. The number of ether oxygens (including phenoxy) is 1. The van der Waals surface area contributed by atoms with Crippen LogP contribution in [0.5, 0.6) is 0 Å². The Balaban J connectivity index is 2.16. The molecule has 1 aliphatic heterocycles. The second-order valence-corrected chi connectivity index (χ2v) is 4.90. The maximum absolute atomic E-state index is 13.1. The fraction of sp³-hybridized carbons (Fsp3) is 0.455. The first-order chi connectivity index (χ1) is 7.07. The van der Waals surface area contributed by atoms with E-state index in [1.165, 1.54) is 12.1 Å². The molecule has 1 aliphatic rings. The normalized spacial score (nSPS) is 25.8. The molecular formula is C11H12BrFO2. The van der Waals surface area contributed by atoms with Gasteiger partial charge in [0, 0.05) is 23.9 Å². The maximum Gasteiger partial charge on any atom is 0.124 e. The topological polar surface area (TPSA) is 29.5 Å². The van der Waals surface area contributed by atoms with E-state index in [1.54, 1.807) is 0 Å². The van der Waals surface area contributed by atoms with Gasteiger partial charge in [-0.1, -0.05) is 15.9 Å². The Hall–Kier alpha value is -0.450. The molecule has 0 spiro atoms. The monoisotopic (exact) mass is 274 g/mol. The highest BCUT2D eigenvalue weighted by Crippen LogP contribution is 2.25. The summed E-state index contributed by atoms with van der Waals surface area (Å²) in [7, 11) is 0. The van der Waals surface area contributed by atoms with Crippen LogP contribution >= 0.6 is 15.9 Å². The van der Waals surface area contributed by atoms with Gasteiger partial charge in [0.05, 0.1) is 12.2 Å². The molecule has 0 amide bonds. The minimum Gasteiger partial charge on any atom is -0.387 e. The molecule has 15 heavy (non-hydrogen) atoms. The molecule has 1 atom stereocenters. The smallest absolute Gasteiger partial charge is 0.124 e. The highest BCUT2D eigenvalue weighted by atomic mass is 79.9. The molecule has 0 radical (unpaired) electrons. The van der Waals surface area contributed by atoms with E-state index in [-0.39, 0.29) is 5.82 Å². The van der Waals surface area contributed by atoms with Crippen LogP contribution in [0.25, 0.3) is 0 Å². The third kappa shape index (κ3) is 2.77. The number of rotatable bonds is 2. The Morgan fingerprint density at radius 2 is 2.27 bits per heavy atom. The first-order valence-corrected chi connectivity index (χ1v) is 5.62. The molecule has 1 fully saturated rings. The molecule has 2 nitrogen and oxygen atoms in total. The molecule has 1 saturated heterocycles. The average molecular weight is 275 g/mol. The van der Waals surface area contributed by atoms with Crippen molar-refractivity contribution in [1.29, 1.82) is 0 Å². The maximum atomic E-state index is 13.1. The zero-order valence-electron chi connectivity index (χ0n) is 8.17. The molecule has 1 N–H and O–H groups in total. The van der Waals surface area contributed by atoms with Gasteiger partial charge in [0.15, 0.2) is 0 Å². The number of hydrogen-bond acceptors (Lipinski definition) is 2. The van der Waals surface area contributed by atoms with Crippen LogP contribution in [0.2, 0.25) is 0 Å². The van der Waals surface area contributed by atoms with Crippen LogP contribution in [0.3, 0.4) is 0 Å². The van der Waals surface area contributed by atoms with Crippen molar-refractivity contribution in [1.82, 2.24) is 0 Å². The van der Waals surface area contributed by atoms with Gasteiger partial charge in [0.1, 0.15) is 5.82 Å². The van der Waals surface area contributed by atoms with Crippen molar-refractivity contribution in [2.45, 2.75) is 18.4 Å².